The van der Waals surface area contributed by atoms with E-state index in [0.717, 1.165) is 42.6 Å². The van der Waals surface area contributed by atoms with Crippen LogP contribution in [0.4, 0.5) is 10.2 Å². The normalized spacial score (nSPS) is 18.4. The lowest BCUT2D eigenvalue weighted by molar-refractivity contribution is -0.136. The summed E-state index contributed by atoms with van der Waals surface area (Å²) in [7, 11) is 0. The van der Waals surface area contributed by atoms with Crippen LogP contribution < -0.4 is 4.90 Å². The maximum Gasteiger partial charge on any atom is 0.232 e. The highest BCUT2D eigenvalue weighted by atomic mass is 19.1. The van der Waals surface area contributed by atoms with Crippen molar-refractivity contribution in [3.8, 4) is 0 Å². The fourth-order valence-electron chi connectivity index (χ4n) is 4.63. The van der Waals surface area contributed by atoms with E-state index in [0.29, 0.717) is 43.4 Å². The SMILES string of the molecule is Cc1nc([C@H]2CCCCN2C(=O)CC(C)C)nc2c1CC(=O)N2CCc1ccc(F)cc1. The van der Waals surface area contributed by atoms with E-state index in [1.807, 2.05) is 11.8 Å². The van der Waals surface area contributed by atoms with Crippen molar-refractivity contribution in [2.24, 2.45) is 5.92 Å². The number of hydrogen-bond donors (Lipinski definition) is 0. The van der Waals surface area contributed by atoms with Gasteiger partial charge in [0.15, 0.2) is 5.82 Å². The molecule has 1 aromatic heterocycles. The van der Waals surface area contributed by atoms with Gasteiger partial charge in [0.1, 0.15) is 11.6 Å². The van der Waals surface area contributed by atoms with Gasteiger partial charge in [0.2, 0.25) is 11.8 Å². The Hall–Kier alpha value is -2.83. The summed E-state index contributed by atoms with van der Waals surface area (Å²) in [6, 6.07) is 6.21. The molecule has 0 N–H and O–H groups in total. The number of halogens is 1. The number of aryl methyl sites for hydroxylation is 1. The molecule has 2 amide bonds. The fraction of sp³-hybridized carbons (Fsp3) is 0.520. The third kappa shape index (κ3) is 4.66. The Labute approximate surface area is 188 Å². The number of nitrogens with zero attached hydrogens (tertiary/aromatic N) is 4. The minimum Gasteiger partial charge on any atom is -0.332 e. The van der Waals surface area contributed by atoms with Gasteiger partial charge >= 0.3 is 0 Å². The average molecular weight is 439 g/mol. The smallest absolute Gasteiger partial charge is 0.232 e. The molecule has 4 rings (SSSR count). The second-order valence-electron chi connectivity index (χ2n) is 9.26. The number of likely N-dealkylation sites (tertiary alicyclic amines) is 1. The Bertz CT molecular complexity index is 1010. The molecule has 1 aromatic carbocycles. The summed E-state index contributed by atoms with van der Waals surface area (Å²) in [4.78, 5) is 38.9. The van der Waals surface area contributed by atoms with E-state index >= 15 is 0 Å². The number of aromatic nitrogens is 2. The van der Waals surface area contributed by atoms with Crippen LogP contribution in [-0.2, 0) is 22.4 Å². The topological polar surface area (TPSA) is 66.4 Å². The average Bonchev–Trinajstić information content (AvgIpc) is 3.08. The lowest BCUT2D eigenvalue weighted by atomic mass is 9.99. The third-order valence-corrected chi connectivity index (χ3v) is 6.34. The number of piperidine rings is 1. The number of benzene rings is 1. The standard InChI is InChI=1S/C25H31FN4O2/c1-16(2)14-22(31)29-12-5-4-6-21(29)24-27-17(3)20-15-23(32)30(25(20)28-24)13-11-18-7-9-19(26)10-8-18/h7-10,16,21H,4-6,11-15H2,1-3H3/t21-/m1/s1. The Morgan fingerprint density at radius 3 is 2.66 bits per heavy atom. The van der Waals surface area contributed by atoms with Crippen LogP contribution in [0.5, 0.6) is 0 Å². The minimum atomic E-state index is -0.270. The minimum absolute atomic E-state index is 0.00745. The molecule has 0 unspecified atom stereocenters. The fourth-order valence-corrected chi connectivity index (χ4v) is 4.63. The molecule has 2 aromatic rings. The number of fused-ring (bicyclic) bond motifs is 1. The Morgan fingerprint density at radius 2 is 1.94 bits per heavy atom. The molecule has 1 saturated heterocycles. The Morgan fingerprint density at radius 1 is 1.19 bits per heavy atom. The summed E-state index contributed by atoms with van der Waals surface area (Å²) in [5.74, 6) is 1.49. The van der Waals surface area contributed by atoms with E-state index in [1.54, 1.807) is 17.0 Å². The Kier molecular flexibility index (Phi) is 6.53. The van der Waals surface area contributed by atoms with Crippen LogP contribution in [0.1, 0.15) is 68.2 Å². The molecular weight excluding hydrogens is 407 g/mol. The van der Waals surface area contributed by atoms with Crippen LogP contribution in [0.25, 0.3) is 0 Å². The van der Waals surface area contributed by atoms with Gasteiger partial charge in [0.25, 0.3) is 0 Å². The number of hydrogen-bond acceptors (Lipinski definition) is 4. The molecule has 1 fully saturated rings. The quantitative estimate of drug-likeness (QED) is 0.679. The first-order chi connectivity index (χ1) is 15.3. The summed E-state index contributed by atoms with van der Waals surface area (Å²) in [6.07, 6.45) is 4.29. The summed E-state index contributed by atoms with van der Waals surface area (Å²) in [5.41, 5.74) is 2.65. The van der Waals surface area contributed by atoms with Crippen LogP contribution in [0, 0.1) is 18.7 Å². The molecule has 0 radical (unpaired) electrons. The second kappa shape index (κ2) is 9.35. The van der Waals surface area contributed by atoms with Crippen LogP contribution in [0.15, 0.2) is 24.3 Å². The predicted molar refractivity (Wildman–Crippen MR) is 121 cm³/mol. The van der Waals surface area contributed by atoms with Gasteiger partial charge in [-0.15, -0.1) is 0 Å². The molecule has 0 bridgehead atoms. The van der Waals surface area contributed by atoms with Crippen molar-refractivity contribution < 1.29 is 14.0 Å². The zero-order chi connectivity index (χ0) is 22.8. The monoisotopic (exact) mass is 438 g/mol. The van der Waals surface area contributed by atoms with E-state index in [4.69, 9.17) is 9.97 Å². The van der Waals surface area contributed by atoms with Crippen molar-refractivity contribution >= 4 is 17.6 Å². The van der Waals surface area contributed by atoms with E-state index in [1.165, 1.54) is 12.1 Å². The first kappa shape index (κ1) is 22.4. The van der Waals surface area contributed by atoms with Gasteiger partial charge in [-0.3, -0.25) is 14.5 Å². The Balaban J connectivity index is 1.59. The molecule has 32 heavy (non-hydrogen) atoms. The number of anilines is 1. The molecule has 170 valence electrons. The highest BCUT2D eigenvalue weighted by molar-refractivity contribution is 6.00. The van der Waals surface area contributed by atoms with E-state index in [-0.39, 0.29) is 23.7 Å². The number of amides is 2. The van der Waals surface area contributed by atoms with Crippen molar-refractivity contribution in [1.29, 1.82) is 0 Å². The lowest BCUT2D eigenvalue weighted by Gasteiger charge is -2.35. The van der Waals surface area contributed by atoms with Gasteiger partial charge in [-0.05, 0) is 56.2 Å². The summed E-state index contributed by atoms with van der Waals surface area (Å²) in [5, 5.41) is 0. The summed E-state index contributed by atoms with van der Waals surface area (Å²) in [6.45, 7) is 7.23. The number of carbonyl (C=O) groups excluding carboxylic acids is 2. The molecule has 0 aliphatic carbocycles. The maximum absolute atomic E-state index is 13.2. The molecule has 0 saturated carbocycles. The van der Waals surface area contributed by atoms with Crippen molar-refractivity contribution in [2.75, 3.05) is 18.0 Å². The van der Waals surface area contributed by atoms with Crippen molar-refractivity contribution in [3.05, 3.63) is 52.7 Å². The molecule has 0 spiro atoms. The molecule has 6 nitrogen and oxygen atoms in total. The lowest BCUT2D eigenvalue weighted by Crippen LogP contribution is -2.40. The number of rotatable bonds is 6. The predicted octanol–water partition coefficient (Wildman–Crippen LogP) is 4.16. The van der Waals surface area contributed by atoms with Crippen molar-refractivity contribution in [1.82, 2.24) is 14.9 Å². The van der Waals surface area contributed by atoms with Crippen LogP contribution in [0.3, 0.4) is 0 Å². The first-order valence-corrected chi connectivity index (χ1v) is 11.5. The van der Waals surface area contributed by atoms with Gasteiger partial charge in [-0.1, -0.05) is 26.0 Å². The van der Waals surface area contributed by atoms with Crippen molar-refractivity contribution in [3.63, 3.8) is 0 Å². The summed E-state index contributed by atoms with van der Waals surface area (Å²) >= 11 is 0. The molecule has 3 heterocycles. The maximum atomic E-state index is 13.2. The van der Waals surface area contributed by atoms with E-state index < -0.39 is 0 Å². The highest BCUT2D eigenvalue weighted by Gasteiger charge is 2.35. The summed E-state index contributed by atoms with van der Waals surface area (Å²) < 4.78 is 13.2. The first-order valence-electron chi connectivity index (χ1n) is 11.5. The molecular formula is C25H31FN4O2. The van der Waals surface area contributed by atoms with Gasteiger partial charge in [0, 0.05) is 30.8 Å². The van der Waals surface area contributed by atoms with Gasteiger partial charge in [-0.25, -0.2) is 14.4 Å². The van der Waals surface area contributed by atoms with E-state index in [2.05, 4.69) is 13.8 Å². The highest BCUT2D eigenvalue weighted by Crippen LogP contribution is 2.35. The molecule has 2 aliphatic rings. The van der Waals surface area contributed by atoms with Crippen LogP contribution >= 0.6 is 0 Å². The van der Waals surface area contributed by atoms with Crippen LogP contribution in [0.2, 0.25) is 0 Å². The zero-order valence-corrected chi connectivity index (χ0v) is 19.1. The molecule has 7 heteroatoms. The largest absolute Gasteiger partial charge is 0.332 e. The molecule has 2 aliphatic heterocycles. The van der Waals surface area contributed by atoms with Gasteiger partial charge < -0.3 is 4.90 Å². The van der Waals surface area contributed by atoms with Crippen LogP contribution in [-0.4, -0.2) is 39.8 Å². The van der Waals surface area contributed by atoms with Crippen molar-refractivity contribution in [2.45, 2.75) is 65.3 Å². The third-order valence-electron chi connectivity index (χ3n) is 6.34. The number of carbonyl (C=O) groups is 2. The second-order valence-corrected chi connectivity index (χ2v) is 9.26. The van der Waals surface area contributed by atoms with Gasteiger partial charge in [0.05, 0.1) is 12.5 Å². The zero-order valence-electron chi connectivity index (χ0n) is 19.1. The van der Waals surface area contributed by atoms with Gasteiger partial charge in [-0.2, -0.15) is 0 Å². The van der Waals surface area contributed by atoms with E-state index in [9.17, 15) is 14.0 Å². The molecule has 1 atom stereocenters.